The molecule has 122 valence electrons. The van der Waals surface area contributed by atoms with Crippen molar-refractivity contribution >= 4 is 16.6 Å². The number of fused-ring (bicyclic) bond motifs is 2. The Hall–Kier alpha value is -2.75. The van der Waals surface area contributed by atoms with Crippen LogP contribution in [0.4, 0.5) is 5.69 Å². The molecule has 0 aliphatic carbocycles. The number of aromatic nitrogens is 1. The lowest BCUT2D eigenvalue weighted by molar-refractivity contribution is 0.229. The number of nitrogens with zero attached hydrogens (tertiary/aromatic N) is 1. The summed E-state index contributed by atoms with van der Waals surface area (Å²) >= 11 is 0. The van der Waals surface area contributed by atoms with E-state index in [9.17, 15) is 0 Å². The second-order valence-corrected chi connectivity index (χ2v) is 6.11. The molecule has 0 saturated heterocycles. The van der Waals surface area contributed by atoms with E-state index >= 15 is 0 Å². The molecule has 0 spiro atoms. The molecule has 1 aliphatic heterocycles. The minimum atomic E-state index is 0.453. The summed E-state index contributed by atoms with van der Waals surface area (Å²) in [6.45, 7) is 1.61. The smallest absolute Gasteiger partial charge is 0.122 e. The standard InChI is InChI=1S/C20H20N2O2/c1-23-16-6-7-18-17(11-16)19(8-9-21-18)22-12-14-10-15-4-2-3-5-20(15)24-13-14/h2-9,11,14H,10,12-13H2,1H3,(H,21,22). The zero-order valence-electron chi connectivity index (χ0n) is 13.7. The number of pyridine rings is 1. The zero-order valence-corrected chi connectivity index (χ0v) is 13.7. The number of para-hydroxylation sites is 1. The molecule has 1 atom stereocenters. The van der Waals surface area contributed by atoms with Crippen LogP contribution in [0.15, 0.2) is 54.7 Å². The molecule has 2 aromatic carbocycles. The van der Waals surface area contributed by atoms with Crippen LogP contribution in [0, 0.1) is 5.92 Å². The van der Waals surface area contributed by atoms with Crippen molar-refractivity contribution in [1.29, 1.82) is 0 Å². The molecule has 1 aromatic heterocycles. The first-order chi connectivity index (χ1) is 11.8. The number of nitrogens with one attached hydrogen (secondary N) is 1. The van der Waals surface area contributed by atoms with Gasteiger partial charge in [0.25, 0.3) is 0 Å². The van der Waals surface area contributed by atoms with Crippen LogP contribution in [-0.4, -0.2) is 25.2 Å². The predicted molar refractivity (Wildman–Crippen MR) is 95.9 cm³/mol. The summed E-state index contributed by atoms with van der Waals surface area (Å²) in [5.74, 6) is 2.31. The Labute approximate surface area is 141 Å². The molecule has 3 aromatic rings. The van der Waals surface area contributed by atoms with Gasteiger partial charge in [-0.15, -0.1) is 0 Å². The molecule has 2 heterocycles. The summed E-state index contributed by atoms with van der Waals surface area (Å²) in [6, 6.07) is 16.2. The van der Waals surface area contributed by atoms with Crippen LogP contribution in [0.25, 0.3) is 10.9 Å². The van der Waals surface area contributed by atoms with E-state index in [0.29, 0.717) is 5.92 Å². The van der Waals surface area contributed by atoms with Crippen molar-refractivity contribution in [3.8, 4) is 11.5 Å². The maximum Gasteiger partial charge on any atom is 0.122 e. The first-order valence-corrected chi connectivity index (χ1v) is 8.21. The Balaban J connectivity index is 1.51. The molecule has 1 N–H and O–H groups in total. The van der Waals surface area contributed by atoms with Gasteiger partial charge >= 0.3 is 0 Å². The number of hydrogen-bond acceptors (Lipinski definition) is 4. The topological polar surface area (TPSA) is 43.4 Å². The van der Waals surface area contributed by atoms with Gasteiger partial charge in [0.1, 0.15) is 11.5 Å². The Morgan fingerprint density at radius 1 is 1.21 bits per heavy atom. The molecule has 0 bridgehead atoms. The highest BCUT2D eigenvalue weighted by Crippen LogP contribution is 2.29. The molecule has 0 saturated carbocycles. The van der Waals surface area contributed by atoms with E-state index in [1.807, 2.05) is 42.6 Å². The zero-order chi connectivity index (χ0) is 16.4. The van der Waals surface area contributed by atoms with Gasteiger partial charge < -0.3 is 14.8 Å². The van der Waals surface area contributed by atoms with Crippen molar-refractivity contribution < 1.29 is 9.47 Å². The van der Waals surface area contributed by atoms with E-state index in [4.69, 9.17) is 9.47 Å². The molecule has 0 fully saturated rings. The summed E-state index contributed by atoms with van der Waals surface area (Å²) in [4.78, 5) is 4.42. The van der Waals surface area contributed by atoms with E-state index in [1.54, 1.807) is 7.11 Å². The van der Waals surface area contributed by atoms with Gasteiger partial charge in [-0.2, -0.15) is 0 Å². The fourth-order valence-corrected chi connectivity index (χ4v) is 3.18. The van der Waals surface area contributed by atoms with Gasteiger partial charge in [0.05, 0.1) is 19.2 Å². The number of rotatable bonds is 4. The highest BCUT2D eigenvalue weighted by molar-refractivity contribution is 5.92. The van der Waals surface area contributed by atoms with Crippen molar-refractivity contribution in [2.75, 3.05) is 25.6 Å². The van der Waals surface area contributed by atoms with Crippen molar-refractivity contribution in [2.24, 2.45) is 5.92 Å². The minimum absolute atomic E-state index is 0.453. The molecule has 0 amide bonds. The number of ether oxygens (including phenoxy) is 2. The molecular weight excluding hydrogens is 300 g/mol. The molecular formula is C20H20N2O2. The Bertz CT molecular complexity index is 863. The van der Waals surface area contributed by atoms with Crippen LogP contribution in [0.2, 0.25) is 0 Å². The van der Waals surface area contributed by atoms with Gasteiger partial charge in [-0.1, -0.05) is 18.2 Å². The van der Waals surface area contributed by atoms with E-state index in [1.165, 1.54) is 5.56 Å². The third-order valence-electron chi connectivity index (χ3n) is 4.49. The molecule has 0 radical (unpaired) electrons. The van der Waals surface area contributed by atoms with Crippen molar-refractivity contribution in [1.82, 2.24) is 4.98 Å². The van der Waals surface area contributed by atoms with Crippen LogP contribution in [0.5, 0.6) is 11.5 Å². The van der Waals surface area contributed by atoms with E-state index in [-0.39, 0.29) is 0 Å². The number of benzene rings is 2. The summed E-state index contributed by atoms with van der Waals surface area (Å²) in [5, 5.41) is 4.64. The van der Waals surface area contributed by atoms with Crippen LogP contribution in [0.3, 0.4) is 0 Å². The molecule has 1 unspecified atom stereocenters. The number of hydrogen-bond donors (Lipinski definition) is 1. The van der Waals surface area contributed by atoms with Gasteiger partial charge in [0, 0.05) is 29.7 Å². The monoisotopic (exact) mass is 320 g/mol. The minimum Gasteiger partial charge on any atom is -0.497 e. The summed E-state index contributed by atoms with van der Waals surface area (Å²) in [7, 11) is 1.68. The summed E-state index contributed by atoms with van der Waals surface area (Å²) in [5.41, 5.74) is 3.33. The van der Waals surface area contributed by atoms with Crippen LogP contribution in [0.1, 0.15) is 5.56 Å². The maximum atomic E-state index is 5.88. The first-order valence-electron chi connectivity index (χ1n) is 8.21. The highest BCUT2D eigenvalue weighted by Gasteiger charge is 2.19. The average molecular weight is 320 g/mol. The second-order valence-electron chi connectivity index (χ2n) is 6.11. The van der Waals surface area contributed by atoms with E-state index in [0.717, 1.165) is 47.7 Å². The molecule has 4 nitrogen and oxygen atoms in total. The van der Waals surface area contributed by atoms with E-state index < -0.39 is 0 Å². The van der Waals surface area contributed by atoms with Gasteiger partial charge in [-0.3, -0.25) is 4.98 Å². The van der Waals surface area contributed by atoms with E-state index in [2.05, 4.69) is 22.4 Å². The fraction of sp³-hybridized carbons (Fsp3) is 0.250. The lowest BCUT2D eigenvalue weighted by Crippen LogP contribution is -2.27. The van der Waals surface area contributed by atoms with Crippen LogP contribution >= 0.6 is 0 Å². The molecule has 4 heteroatoms. The normalized spacial score (nSPS) is 16.3. The lowest BCUT2D eigenvalue weighted by atomic mass is 9.96. The van der Waals surface area contributed by atoms with Gasteiger partial charge in [0.2, 0.25) is 0 Å². The van der Waals surface area contributed by atoms with Crippen LogP contribution in [-0.2, 0) is 6.42 Å². The average Bonchev–Trinajstić information content (AvgIpc) is 2.65. The Morgan fingerprint density at radius 3 is 3.04 bits per heavy atom. The summed E-state index contributed by atoms with van der Waals surface area (Å²) in [6.07, 6.45) is 2.87. The molecule has 24 heavy (non-hydrogen) atoms. The van der Waals surface area contributed by atoms with Crippen molar-refractivity contribution in [3.05, 3.63) is 60.3 Å². The third-order valence-corrected chi connectivity index (χ3v) is 4.49. The number of methoxy groups -OCH3 is 1. The van der Waals surface area contributed by atoms with Crippen molar-refractivity contribution in [2.45, 2.75) is 6.42 Å². The second kappa shape index (κ2) is 6.40. The Morgan fingerprint density at radius 2 is 2.12 bits per heavy atom. The Kier molecular flexibility index (Phi) is 3.95. The van der Waals surface area contributed by atoms with Gasteiger partial charge in [-0.05, 0) is 42.3 Å². The quantitative estimate of drug-likeness (QED) is 0.791. The molecule has 4 rings (SSSR count). The highest BCUT2D eigenvalue weighted by atomic mass is 16.5. The summed E-state index contributed by atoms with van der Waals surface area (Å²) < 4.78 is 11.2. The predicted octanol–water partition coefficient (Wildman–Crippen LogP) is 3.91. The third kappa shape index (κ3) is 2.87. The number of anilines is 1. The van der Waals surface area contributed by atoms with Gasteiger partial charge in [0.15, 0.2) is 0 Å². The maximum absolute atomic E-state index is 5.88. The fourth-order valence-electron chi connectivity index (χ4n) is 3.18. The lowest BCUT2D eigenvalue weighted by Gasteiger charge is -2.26. The molecule has 1 aliphatic rings. The largest absolute Gasteiger partial charge is 0.497 e. The SMILES string of the molecule is COc1ccc2nccc(NCC3COc4ccccc4C3)c2c1. The van der Waals surface area contributed by atoms with Crippen molar-refractivity contribution in [3.63, 3.8) is 0 Å². The van der Waals surface area contributed by atoms with Gasteiger partial charge in [-0.25, -0.2) is 0 Å². The van der Waals surface area contributed by atoms with Crippen LogP contribution < -0.4 is 14.8 Å². The first kappa shape index (κ1) is 14.8.